The van der Waals surface area contributed by atoms with Gasteiger partial charge in [0.25, 0.3) is 0 Å². The van der Waals surface area contributed by atoms with Gasteiger partial charge in [0.1, 0.15) is 54.9 Å². The lowest BCUT2D eigenvalue weighted by molar-refractivity contribution is -0.332. The molecule has 0 radical (unpaired) electrons. The molecule has 0 amide bonds. The van der Waals surface area contributed by atoms with Gasteiger partial charge in [-0.25, -0.2) is 0 Å². The Morgan fingerprint density at radius 1 is 0.472 bits per heavy atom. The molecule has 2 aliphatic heterocycles. The minimum absolute atomic E-state index is 0.0389. The van der Waals surface area contributed by atoms with Crippen LogP contribution in [0, 0.1) is 0 Å². The second kappa shape index (κ2) is 44.5. The van der Waals surface area contributed by atoms with Crippen LogP contribution < -0.4 is 0 Å². The topological polar surface area (TPSA) is 214 Å². The molecule has 11 unspecified atom stereocenters. The summed E-state index contributed by atoms with van der Waals surface area (Å²) in [4.78, 5) is 13.0. The van der Waals surface area contributed by atoms with Crippen molar-refractivity contribution in [1.82, 2.24) is 0 Å². The number of hydrogen-bond donors (Lipinski definition) is 7. The molecule has 0 aromatic carbocycles. The van der Waals surface area contributed by atoms with Gasteiger partial charge < -0.3 is 64.2 Å². The smallest absolute Gasteiger partial charge is 0.306 e. The Morgan fingerprint density at radius 3 is 1.42 bits per heavy atom. The molecule has 0 aromatic heterocycles. The minimum Gasteiger partial charge on any atom is -0.457 e. The number of carbonyl (C=O) groups is 1. The maximum absolute atomic E-state index is 13.0. The summed E-state index contributed by atoms with van der Waals surface area (Å²) in [6.07, 6.45) is 40.6. The number of aliphatic hydroxyl groups is 7. The fourth-order valence-corrected chi connectivity index (χ4v) is 8.16. The van der Waals surface area contributed by atoms with E-state index in [2.05, 4.69) is 98.9 Å². The van der Waals surface area contributed by atoms with E-state index in [1.54, 1.807) is 0 Å². The summed E-state index contributed by atoms with van der Waals surface area (Å²) in [6, 6.07) is 0. The van der Waals surface area contributed by atoms with Gasteiger partial charge in [-0.15, -0.1) is 0 Å². The molecule has 72 heavy (non-hydrogen) atoms. The summed E-state index contributed by atoms with van der Waals surface area (Å²) < 4.78 is 34.3. The molecule has 7 N–H and O–H groups in total. The van der Waals surface area contributed by atoms with Crippen LogP contribution in [0.4, 0.5) is 0 Å². The highest BCUT2D eigenvalue weighted by Crippen LogP contribution is 2.26. The maximum atomic E-state index is 13.0. The van der Waals surface area contributed by atoms with E-state index in [1.807, 2.05) is 0 Å². The van der Waals surface area contributed by atoms with Crippen molar-refractivity contribution < 1.29 is 69.0 Å². The van der Waals surface area contributed by atoms with Crippen LogP contribution in [0.3, 0.4) is 0 Å². The summed E-state index contributed by atoms with van der Waals surface area (Å²) in [7, 11) is 0. The zero-order chi connectivity index (χ0) is 52.3. The Kier molecular flexibility index (Phi) is 40.3. The van der Waals surface area contributed by atoms with Crippen molar-refractivity contribution in [2.45, 2.75) is 242 Å². The number of carbonyl (C=O) groups excluding carboxylic acids is 1. The zero-order valence-electron chi connectivity index (χ0n) is 44.1. The molecule has 2 saturated heterocycles. The van der Waals surface area contributed by atoms with Gasteiger partial charge in [0.2, 0.25) is 0 Å². The minimum atomic E-state index is -1.72. The van der Waals surface area contributed by atoms with Crippen molar-refractivity contribution in [3.8, 4) is 0 Å². The molecule has 0 aromatic rings. The van der Waals surface area contributed by atoms with Crippen LogP contribution in [0.5, 0.6) is 0 Å². The van der Waals surface area contributed by atoms with E-state index in [0.29, 0.717) is 13.0 Å². The van der Waals surface area contributed by atoms with Gasteiger partial charge in [-0.05, 0) is 89.9 Å². The quantitative estimate of drug-likeness (QED) is 0.0172. The summed E-state index contributed by atoms with van der Waals surface area (Å²) in [5.74, 6) is -0.412. The molecule has 0 saturated carbocycles. The highest BCUT2D eigenvalue weighted by Gasteiger charge is 2.47. The Bertz CT molecular complexity index is 1510. The second-order valence-electron chi connectivity index (χ2n) is 19.0. The number of unbranched alkanes of at least 4 members (excludes halogenated alkanes) is 15. The number of allylic oxidation sites excluding steroid dienone is 14. The molecule has 11 atom stereocenters. The fraction of sp³-hybridized carbons (Fsp3) is 0.741. The molecular weight excluding hydrogens is 921 g/mol. The van der Waals surface area contributed by atoms with E-state index in [0.717, 1.165) is 83.5 Å². The first-order valence-corrected chi connectivity index (χ1v) is 27.7. The fourth-order valence-electron chi connectivity index (χ4n) is 8.16. The van der Waals surface area contributed by atoms with Crippen LogP contribution in [-0.4, -0.2) is 142 Å². The monoisotopic (exact) mass is 1020 g/mol. The van der Waals surface area contributed by atoms with Crippen LogP contribution in [0.25, 0.3) is 0 Å². The first kappa shape index (κ1) is 65.3. The molecule has 2 heterocycles. The molecule has 14 heteroatoms. The lowest BCUT2D eigenvalue weighted by atomic mass is 9.98. The SMILES string of the molecule is CC/C=C\C/C=C\C/C=C\C/C=C\C/C=C\CCCCCC(=O)OC(COCCCCCCCCCC/C=C\C/C=C\CCCCCC)COC1OC(COC2OC(CO)C(O)C(O)C2O)C(O)C(O)C1O. The van der Waals surface area contributed by atoms with Gasteiger partial charge in [-0.3, -0.25) is 4.79 Å². The first-order chi connectivity index (χ1) is 35.1. The Balaban J connectivity index is 1.77. The molecule has 2 aliphatic rings. The second-order valence-corrected chi connectivity index (χ2v) is 19.0. The van der Waals surface area contributed by atoms with E-state index < -0.39 is 86.7 Å². The van der Waals surface area contributed by atoms with Gasteiger partial charge >= 0.3 is 5.97 Å². The lowest BCUT2D eigenvalue weighted by Crippen LogP contribution is -2.61. The maximum Gasteiger partial charge on any atom is 0.306 e. The third-order valence-electron chi connectivity index (χ3n) is 12.6. The van der Waals surface area contributed by atoms with Crippen molar-refractivity contribution in [2.24, 2.45) is 0 Å². The summed E-state index contributed by atoms with van der Waals surface area (Å²) in [5.41, 5.74) is 0. The molecule has 0 aliphatic carbocycles. The summed E-state index contributed by atoms with van der Waals surface area (Å²) >= 11 is 0. The van der Waals surface area contributed by atoms with E-state index in [1.165, 1.54) is 64.2 Å². The molecule has 14 nitrogen and oxygen atoms in total. The Morgan fingerprint density at radius 2 is 0.903 bits per heavy atom. The molecule has 0 spiro atoms. The predicted octanol–water partition coefficient (Wildman–Crippen LogP) is 9.24. The number of ether oxygens (including phenoxy) is 6. The van der Waals surface area contributed by atoms with Crippen molar-refractivity contribution in [3.05, 3.63) is 85.1 Å². The Hall–Kier alpha value is -2.83. The van der Waals surface area contributed by atoms with Crippen molar-refractivity contribution in [2.75, 3.05) is 33.0 Å². The van der Waals surface area contributed by atoms with Crippen molar-refractivity contribution in [3.63, 3.8) is 0 Å². The normalized spacial score (nSPS) is 25.8. The number of esters is 1. The summed E-state index contributed by atoms with van der Waals surface area (Å²) in [6.45, 7) is 3.49. The Labute approximate surface area is 433 Å². The number of rotatable bonds is 43. The van der Waals surface area contributed by atoms with Crippen LogP contribution in [0.1, 0.15) is 174 Å². The van der Waals surface area contributed by atoms with Crippen LogP contribution in [0.2, 0.25) is 0 Å². The van der Waals surface area contributed by atoms with E-state index in [9.17, 15) is 40.5 Å². The lowest BCUT2D eigenvalue weighted by Gasteiger charge is -2.42. The average Bonchev–Trinajstić information content (AvgIpc) is 3.38. The van der Waals surface area contributed by atoms with Gasteiger partial charge in [-0.2, -0.15) is 0 Å². The third kappa shape index (κ3) is 31.1. The van der Waals surface area contributed by atoms with Crippen LogP contribution in [0.15, 0.2) is 85.1 Å². The summed E-state index contributed by atoms with van der Waals surface area (Å²) in [5, 5.41) is 72.3. The zero-order valence-corrected chi connectivity index (χ0v) is 44.1. The largest absolute Gasteiger partial charge is 0.457 e. The third-order valence-corrected chi connectivity index (χ3v) is 12.6. The highest BCUT2D eigenvalue weighted by molar-refractivity contribution is 5.69. The van der Waals surface area contributed by atoms with Crippen LogP contribution >= 0.6 is 0 Å². The van der Waals surface area contributed by atoms with Gasteiger partial charge in [0.05, 0.1) is 26.4 Å². The predicted molar refractivity (Wildman–Crippen MR) is 284 cm³/mol. The van der Waals surface area contributed by atoms with Crippen LogP contribution in [-0.2, 0) is 33.2 Å². The number of hydrogen-bond acceptors (Lipinski definition) is 14. The average molecular weight is 1020 g/mol. The highest BCUT2D eigenvalue weighted by atomic mass is 16.7. The van der Waals surface area contributed by atoms with Gasteiger partial charge in [0.15, 0.2) is 12.6 Å². The molecule has 0 bridgehead atoms. The van der Waals surface area contributed by atoms with Gasteiger partial charge in [-0.1, -0.05) is 163 Å². The van der Waals surface area contributed by atoms with Gasteiger partial charge in [0, 0.05) is 13.0 Å². The van der Waals surface area contributed by atoms with Crippen molar-refractivity contribution in [1.29, 1.82) is 0 Å². The molecule has 414 valence electrons. The molecule has 2 rings (SSSR count). The first-order valence-electron chi connectivity index (χ1n) is 27.7. The molecular formula is C58H98O14. The van der Waals surface area contributed by atoms with E-state index >= 15 is 0 Å². The van der Waals surface area contributed by atoms with E-state index in [4.69, 9.17) is 28.4 Å². The van der Waals surface area contributed by atoms with E-state index in [-0.39, 0.29) is 19.6 Å². The molecule has 2 fully saturated rings. The van der Waals surface area contributed by atoms with Crippen molar-refractivity contribution >= 4 is 5.97 Å². The number of aliphatic hydroxyl groups excluding tert-OH is 7. The standard InChI is InChI=1S/C58H98O14/c1-3-5-7-9-11-13-15-17-19-21-23-25-27-29-31-33-35-37-39-41-50(60)70-47(44-67-42-40-38-36-34-32-30-28-26-24-22-20-18-16-14-12-10-8-6-4-2)45-68-57-56(66)54(64)52(62)49(72-57)46-69-58-55(65)53(63)51(61)48(43-59)71-58/h5,7,11,13-14,16-17,19-20,22-23,25,29,31,47-49,51-59,61-66H,3-4,6,8-10,12,15,18,21,24,26-28,30,32-46H2,1-2H3/b7-5-,13-11-,16-14-,19-17-,22-20-,25-23-,31-29-.